The Labute approximate surface area is 84.2 Å². The molecule has 0 aliphatic heterocycles. The van der Waals surface area contributed by atoms with Crippen LogP contribution in [0.3, 0.4) is 0 Å². The van der Waals surface area contributed by atoms with Crippen LogP contribution >= 0.6 is 0 Å². The van der Waals surface area contributed by atoms with Gasteiger partial charge < -0.3 is 16.5 Å². The van der Waals surface area contributed by atoms with Gasteiger partial charge in [0.25, 0.3) is 0 Å². The lowest BCUT2D eigenvalue weighted by molar-refractivity contribution is 1.14. The van der Waals surface area contributed by atoms with Gasteiger partial charge in [-0.1, -0.05) is 6.07 Å². The van der Waals surface area contributed by atoms with Crippen LogP contribution in [0.2, 0.25) is 0 Å². The molecule has 1 aromatic rings. The van der Waals surface area contributed by atoms with Crippen LogP contribution in [0.25, 0.3) is 0 Å². The van der Waals surface area contributed by atoms with Crippen LogP contribution < -0.4 is 16.5 Å². The summed E-state index contributed by atoms with van der Waals surface area (Å²) in [4.78, 5) is 1.75. The van der Waals surface area contributed by atoms with E-state index >= 15 is 0 Å². The third-order valence-electron chi connectivity index (χ3n) is 2.07. The monoisotopic (exact) mass is 192 g/mol. The first kappa shape index (κ1) is 10.4. The van der Waals surface area contributed by atoms with Gasteiger partial charge in [0.15, 0.2) is 0 Å². The molecular formula is C10H16N4. The predicted octanol–water partition coefficient (Wildman–Crippen LogP) is 0.928. The lowest BCUT2D eigenvalue weighted by atomic mass is 10.1. The summed E-state index contributed by atoms with van der Waals surface area (Å²) in [6.45, 7) is 4.08. The molecule has 4 heteroatoms. The molecule has 4 N–H and O–H groups in total. The molecule has 0 unspecified atom stereocenters. The third-order valence-corrected chi connectivity index (χ3v) is 2.07. The quantitative estimate of drug-likeness (QED) is 0.301. The molecule has 1 rings (SSSR count). The van der Waals surface area contributed by atoms with Gasteiger partial charge in [-0.25, -0.2) is 0 Å². The molecule has 0 heterocycles. The molecule has 0 atom stereocenters. The van der Waals surface area contributed by atoms with Crippen molar-refractivity contribution in [1.82, 2.24) is 0 Å². The van der Waals surface area contributed by atoms with Crippen molar-refractivity contribution in [3.05, 3.63) is 29.3 Å². The standard InChI is InChI=1S/C10H16N4/c1-7-4-8(2)6-9(5-7)14(3)10(11)13-12/h4-6H,12H2,1-3H3,(H2,11,13). The van der Waals surface area contributed by atoms with Gasteiger partial charge in [0.05, 0.1) is 0 Å². The number of hydrogen-bond donors (Lipinski definition) is 2. The van der Waals surface area contributed by atoms with Crippen LogP contribution in [0, 0.1) is 13.8 Å². The van der Waals surface area contributed by atoms with Crippen molar-refractivity contribution in [1.29, 1.82) is 0 Å². The van der Waals surface area contributed by atoms with Crippen LogP contribution in [0.15, 0.2) is 23.3 Å². The van der Waals surface area contributed by atoms with Crippen molar-refractivity contribution in [3.63, 3.8) is 0 Å². The Morgan fingerprint density at radius 2 is 1.71 bits per heavy atom. The van der Waals surface area contributed by atoms with Crippen molar-refractivity contribution in [2.45, 2.75) is 13.8 Å². The Kier molecular flexibility index (Phi) is 2.96. The first-order chi connectivity index (χ1) is 6.54. The van der Waals surface area contributed by atoms with E-state index in [0.717, 1.165) is 5.69 Å². The highest BCUT2D eigenvalue weighted by Gasteiger charge is 2.05. The van der Waals surface area contributed by atoms with E-state index in [1.807, 2.05) is 33.0 Å². The lowest BCUT2D eigenvalue weighted by Gasteiger charge is -2.18. The van der Waals surface area contributed by atoms with Crippen LogP contribution in [-0.4, -0.2) is 13.0 Å². The molecule has 1 aromatic carbocycles. The summed E-state index contributed by atoms with van der Waals surface area (Å²) in [5, 5.41) is 3.44. The number of guanidine groups is 1. The topological polar surface area (TPSA) is 67.6 Å². The molecule has 0 saturated heterocycles. The van der Waals surface area contributed by atoms with Gasteiger partial charge in [-0.05, 0) is 37.1 Å². The Morgan fingerprint density at radius 1 is 1.21 bits per heavy atom. The molecular weight excluding hydrogens is 176 g/mol. The molecule has 0 radical (unpaired) electrons. The summed E-state index contributed by atoms with van der Waals surface area (Å²) >= 11 is 0. The van der Waals surface area contributed by atoms with Crippen LogP contribution in [0.4, 0.5) is 5.69 Å². The largest absolute Gasteiger partial charge is 0.368 e. The maximum absolute atomic E-state index is 5.60. The van der Waals surface area contributed by atoms with Crippen LogP contribution in [0.1, 0.15) is 11.1 Å². The van der Waals surface area contributed by atoms with E-state index in [4.69, 9.17) is 11.6 Å². The van der Waals surface area contributed by atoms with Gasteiger partial charge in [-0.15, -0.1) is 5.10 Å². The zero-order valence-corrected chi connectivity index (χ0v) is 8.78. The molecule has 0 bridgehead atoms. The number of hydrogen-bond acceptors (Lipinski definition) is 2. The average Bonchev–Trinajstić information content (AvgIpc) is 2.14. The number of nitrogens with zero attached hydrogens (tertiary/aromatic N) is 2. The Morgan fingerprint density at radius 3 is 2.14 bits per heavy atom. The lowest BCUT2D eigenvalue weighted by Crippen LogP contribution is -2.34. The van der Waals surface area contributed by atoms with Crippen LogP contribution in [-0.2, 0) is 0 Å². The maximum Gasteiger partial charge on any atom is 0.217 e. The number of nitrogens with two attached hydrogens (primary N) is 2. The number of benzene rings is 1. The van der Waals surface area contributed by atoms with E-state index in [0.29, 0.717) is 5.96 Å². The zero-order chi connectivity index (χ0) is 10.7. The zero-order valence-electron chi connectivity index (χ0n) is 8.78. The van der Waals surface area contributed by atoms with Crippen molar-refractivity contribution < 1.29 is 0 Å². The third kappa shape index (κ3) is 2.16. The molecule has 0 aromatic heterocycles. The predicted molar refractivity (Wildman–Crippen MR) is 60.1 cm³/mol. The maximum atomic E-state index is 5.60. The Hall–Kier alpha value is -1.71. The second-order valence-electron chi connectivity index (χ2n) is 3.39. The highest BCUT2D eigenvalue weighted by molar-refractivity contribution is 5.94. The Balaban J connectivity index is 3.07. The normalized spacial score (nSPS) is 11.5. The molecule has 0 saturated carbocycles. The SMILES string of the molecule is Cc1cc(C)cc(N(C)C(N)=NN)c1. The van der Waals surface area contributed by atoms with Gasteiger partial charge in [-0.2, -0.15) is 0 Å². The summed E-state index contributed by atoms with van der Waals surface area (Å²) in [7, 11) is 1.83. The number of rotatable bonds is 1. The summed E-state index contributed by atoms with van der Waals surface area (Å²) < 4.78 is 0. The average molecular weight is 192 g/mol. The first-order valence-electron chi connectivity index (χ1n) is 4.40. The van der Waals surface area contributed by atoms with Gasteiger partial charge in [0.1, 0.15) is 0 Å². The highest BCUT2D eigenvalue weighted by Crippen LogP contribution is 2.16. The smallest absolute Gasteiger partial charge is 0.217 e. The number of hydrazone groups is 1. The summed E-state index contributed by atoms with van der Waals surface area (Å²) in [5.74, 6) is 5.41. The van der Waals surface area contributed by atoms with Crippen LogP contribution in [0.5, 0.6) is 0 Å². The Bertz CT molecular complexity index is 337. The van der Waals surface area contributed by atoms with Gasteiger partial charge in [-0.3, -0.25) is 0 Å². The van der Waals surface area contributed by atoms with E-state index in [1.54, 1.807) is 4.90 Å². The highest BCUT2D eigenvalue weighted by atomic mass is 15.3. The molecule has 76 valence electrons. The molecule has 0 amide bonds. The minimum Gasteiger partial charge on any atom is -0.368 e. The summed E-state index contributed by atoms with van der Waals surface area (Å²) in [6, 6.07) is 6.17. The van der Waals surface area contributed by atoms with E-state index in [9.17, 15) is 0 Å². The fourth-order valence-corrected chi connectivity index (χ4v) is 1.36. The van der Waals surface area contributed by atoms with E-state index in [-0.39, 0.29) is 0 Å². The molecule has 4 nitrogen and oxygen atoms in total. The molecule has 14 heavy (non-hydrogen) atoms. The summed E-state index contributed by atoms with van der Waals surface area (Å²) in [6.07, 6.45) is 0. The van der Waals surface area contributed by atoms with E-state index in [2.05, 4.69) is 11.2 Å². The summed E-state index contributed by atoms with van der Waals surface area (Å²) in [5.41, 5.74) is 8.98. The minimum absolute atomic E-state index is 0.301. The van der Waals surface area contributed by atoms with E-state index in [1.165, 1.54) is 11.1 Å². The first-order valence-corrected chi connectivity index (χ1v) is 4.40. The van der Waals surface area contributed by atoms with Gasteiger partial charge in [0.2, 0.25) is 5.96 Å². The van der Waals surface area contributed by atoms with Gasteiger partial charge in [0, 0.05) is 12.7 Å². The van der Waals surface area contributed by atoms with Crippen molar-refractivity contribution in [2.24, 2.45) is 16.7 Å². The van der Waals surface area contributed by atoms with E-state index < -0.39 is 0 Å². The molecule has 0 fully saturated rings. The fraction of sp³-hybridized carbons (Fsp3) is 0.300. The van der Waals surface area contributed by atoms with Gasteiger partial charge >= 0.3 is 0 Å². The molecule has 0 aliphatic rings. The van der Waals surface area contributed by atoms with Crippen molar-refractivity contribution in [2.75, 3.05) is 11.9 Å². The fourth-order valence-electron chi connectivity index (χ4n) is 1.36. The number of aryl methyl sites for hydroxylation is 2. The van der Waals surface area contributed by atoms with Crippen molar-refractivity contribution in [3.8, 4) is 0 Å². The molecule has 0 spiro atoms. The number of anilines is 1. The van der Waals surface area contributed by atoms with Crippen molar-refractivity contribution >= 4 is 11.6 Å². The second-order valence-corrected chi connectivity index (χ2v) is 3.39. The molecule has 0 aliphatic carbocycles. The minimum atomic E-state index is 0.301. The second kappa shape index (κ2) is 4.00.